The van der Waals surface area contributed by atoms with Crippen molar-refractivity contribution < 1.29 is 14.3 Å². The molecule has 0 spiro atoms. The standard InChI is InChI=1S/C23H20N4O3S/c1-30-19-10-6-15(7-11-19)14-24-27-23-26-22(29)20(31-23)13-21(28)25-18-9-8-16-4-2-3-5-17(16)12-18/h2-12,14,20H,13H2,1H3,(H,25,28)(H,26,27,29)/b24-14+. The van der Waals surface area contributed by atoms with Crippen molar-refractivity contribution in [1.82, 2.24) is 5.32 Å². The molecule has 2 amide bonds. The summed E-state index contributed by atoms with van der Waals surface area (Å²) in [4.78, 5) is 24.6. The fourth-order valence-corrected chi connectivity index (χ4v) is 4.00. The minimum atomic E-state index is -0.546. The zero-order valence-electron chi connectivity index (χ0n) is 16.7. The van der Waals surface area contributed by atoms with E-state index in [4.69, 9.17) is 4.74 Å². The Labute approximate surface area is 183 Å². The van der Waals surface area contributed by atoms with Gasteiger partial charge in [0, 0.05) is 12.1 Å². The van der Waals surface area contributed by atoms with Gasteiger partial charge in [-0.15, -0.1) is 5.10 Å². The van der Waals surface area contributed by atoms with Gasteiger partial charge >= 0.3 is 0 Å². The van der Waals surface area contributed by atoms with Crippen molar-refractivity contribution in [2.24, 2.45) is 10.2 Å². The Morgan fingerprint density at radius 1 is 1.13 bits per heavy atom. The van der Waals surface area contributed by atoms with Gasteiger partial charge < -0.3 is 15.4 Å². The molecule has 3 aromatic rings. The van der Waals surface area contributed by atoms with Gasteiger partial charge in [0.2, 0.25) is 11.8 Å². The number of thioether (sulfide) groups is 1. The Morgan fingerprint density at radius 3 is 2.68 bits per heavy atom. The number of nitrogens with one attached hydrogen (secondary N) is 2. The van der Waals surface area contributed by atoms with Gasteiger partial charge in [-0.25, -0.2) is 0 Å². The van der Waals surface area contributed by atoms with Crippen molar-refractivity contribution in [1.29, 1.82) is 0 Å². The van der Waals surface area contributed by atoms with Crippen LogP contribution in [-0.2, 0) is 9.59 Å². The number of carbonyl (C=O) groups excluding carboxylic acids is 2. The summed E-state index contributed by atoms with van der Waals surface area (Å²) in [6.07, 6.45) is 1.63. The number of methoxy groups -OCH3 is 1. The van der Waals surface area contributed by atoms with Crippen molar-refractivity contribution in [3.63, 3.8) is 0 Å². The molecule has 0 bridgehead atoms. The van der Waals surface area contributed by atoms with E-state index >= 15 is 0 Å². The summed E-state index contributed by atoms with van der Waals surface area (Å²) >= 11 is 1.20. The highest BCUT2D eigenvalue weighted by Crippen LogP contribution is 2.24. The Morgan fingerprint density at radius 2 is 1.90 bits per heavy atom. The molecule has 0 aromatic heterocycles. The van der Waals surface area contributed by atoms with E-state index in [0.29, 0.717) is 10.9 Å². The van der Waals surface area contributed by atoms with Crippen LogP contribution in [0.25, 0.3) is 10.8 Å². The molecule has 1 aliphatic rings. The fraction of sp³-hybridized carbons (Fsp3) is 0.130. The zero-order chi connectivity index (χ0) is 21.6. The molecule has 1 aliphatic heterocycles. The summed E-state index contributed by atoms with van der Waals surface area (Å²) < 4.78 is 5.11. The molecule has 1 heterocycles. The molecule has 4 rings (SSSR count). The number of fused-ring (bicyclic) bond motifs is 1. The average Bonchev–Trinajstić information content (AvgIpc) is 3.12. The average molecular weight is 433 g/mol. The molecule has 0 aliphatic carbocycles. The van der Waals surface area contributed by atoms with Crippen molar-refractivity contribution in [3.8, 4) is 5.75 Å². The first-order valence-corrected chi connectivity index (χ1v) is 10.5. The van der Waals surface area contributed by atoms with Crippen LogP contribution in [0, 0.1) is 0 Å². The van der Waals surface area contributed by atoms with Gasteiger partial charge in [0.25, 0.3) is 0 Å². The molecule has 1 unspecified atom stereocenters. The Bertz CT molecular complexity index is 1170. The first kappa shape index (κ1) is 20.6. The first-order valence-electron chi connectivity index (χ1n) is 9.62. The zero-order valence-corrected chi connectivity index (χ0v) is 17.6. The molecule has 3 aromatic carbocycles. The van der Waals surface area contributed by atoms with Crippen molar-refractivity contribution >= 4 is 51.4 Å². The van der Waals surface area contributed by atoms with Gasteiger partial charge in [0.05, 0.1) is 13.3 Å². The number of hydrogen-bond acceptors (Lipinski definition) is 6. The molecule has 1 saturated heterocycles. The van der Waals surface area contributed by atoms with Crippen LogP contribution in [0.1, 0.15) is 12.0 Å². The third kappa shape index (κ3) is 5.29. The maximum atomic E-state index is 12.4. The first-order chi connectivity index (χ1) is 15.1. The van der Waals surface area contributed by atoms with Gasteiger partial charge in [0.15, 0.2) is 5.17 Å². The topological polar surface area (TPSA) is 92.2 Å². The molecule has 0 radical (unpaired) electrons. The lowest BCUT2D eigenvalue weighted by atomic mass is 10.1. The highest BCUT2D eigenvalue weighted by atomic mass is 32.2. The number of carbonyl (C=O) groups is 2. The molecule has 1 atom stereocenters. The molecule has 1 fully saturated rings. The highest BCUT2D eigenvalue weighted by Gasteiger charge is 2.32. The van der Waals surface area contributed by atoms with E-state index in [0.717, 1.165) is 22.1 Å². The second-order valence-corrected chi connectivity index (χ2v) is 8.02. The van der Waals surface area contributed by atoms with Crippen molar-refractivity contribution in [3.05, 3.63) is 72.3 Å². The summed E-state index contributed by atoms with van der Waals surface area (Å²) in [6.45, 7) is 0. The van der Waals surface area contributed by atoms with E-state index in [9.17, 15) is 9.59 Å². The van der Waals surface area contributed by atoms with Crippen LogP contribution in [-0.4, -0.2) is 35.6 Å². The number of ether oxygens (including phenoxy) is 1. The summed E-state index contributed by atoms with van der Waals surface area (Å²) in [5.41, 5.74) is 1.55. The molecular weight excluding hydrogens is 412 g/mol. The largest absolute Gasteiger partial charge is 0.497 e. The van der Waals surface area contributed by atoms with Crippen LogP contribution in [0.3, 0.4) is 0 Å². The number of benzene rings is 3. The maximum Gasteiger partial charge on any atom is 0.240 e. The van der Waals surface area contributed by atoms with Crippen LogP contribution in [0.5, 0.6) is 5.75 Å². The van der Waals surface area contributed by atoms with E-state index in [1.807, 2.05) is 66.7 Å². The van der Waals surface area contributed by atoms with Crippen LogP contribution >= 0.6 is 11.8 Å². The fourth-order valence-electron chi connectivity index (χ4n) is 3.07. The maximum absolute atomic E-state index is 12.4. The lowest BCUT2D eigenvalue weighted by molar-refractivity contribution is -0.122. The summed E-state index contributed by atoms with van der Waals surface area (Å²) in [5.74, 6) is 0.273. The Balaban J connectivity index is 1.33. The predicted octanol–water partition coefficient (Wildman–Crippen LogP) is 3.80. The van der Waals surface area contributed by atoms with Gasteiger partial charge in [-0.1, -0.05) is 42.1 Å². The molecule has 31 heavy (non-hydrogen) atoms. The SMILES string of the molecule is COc1ccc(/C=N/N=C2\NC(=O)C(CC(=O)Nc3ccc4ccccc4c3)S2)cc1. The predicted molar refractivity (Wildman–Crippen MR) is 125 cm³/mol. The molecule has 156 valence electrons. The van der Waals surface area contributed by atoms with Gasteiger partial charge in [0.1, 0.15) is 11.0 Å². The second kappa shape index (κ2) is 9.44. The Hall–Kier alpha value is -3.65. The third-order valence-corrected chi connectivity index (χ3v) is 5.72. The highest BCUT2D eigenvalue weighted by molar-refractivity contribution is 8.15. The smallest absolute Gasteiger partial charge is 0.240 e. The number of rotatable bonds is 6. The molecular formula is C23H20N4O3S. The molecule has 8 heteroatoms. The van der Waals surface area contributed by atoms with Crippen LogP contribution in [0.15, 0.2) is 76.9 Å². The van der Waals surface area contributed by atoms with Crippen LogP contribution < -0.4 is 15.4 Å². The van der Waals surface area contributed by atoms with Gasteiger partial charge in [-0.2, -0.15) is 5.10 Å². The minimum absolute atomic E-state index is 0.0462. The van der Waals surface area contributed by atoms with Gasteiger partial charge in [-0.05, 0) is 52.7 Å². The number of nitrogens with zero attached hydrogens (tertiary/aromatic N) is 2. The lowest BCUT2D eigenvalue weighted by Gasteiger charge is -2.08. The van der Waals surface area contributed by atoms with E-state index in [2.05, 4.69) is 20.8 Å². The molecule has 7 nitrogen and oxygen atoms in total. The third-order valence-electron chi connectivity index (χ3n) is 4.65. The van der Waals surface area contributed by atoms with Crippen LogP contribution in [0.2, 0.25) is 0 Å². The monoisotopic (exact) mass is 432 g/mol. The van der Waals surface area contributed by atoms with E-state index < -0.39 is 5.25 Å². The van der Waals surface area contributed by atoms with E-state index in [1.165, 1.54) is 11.8 Å². The van der Waals surface area contributed by atoms with E-state index in [1.54, 1.807) is 13.3 Å². The number of amidine groups is 1. The number of amides is 2. The summed E-state index contributed by atoms with van der Waals surface area (Å²) in [5, 5.41) is 15.5. The minimum Gasteiger partial charge on any atom is -0.497 e. The van der Waals surface area contributed by atoms with Crippen molar-refractivity contribution in [2.75, 3.05) is 12.4 Å². The number of hydrogen-bond donors (Lipinski definition) is 2. The van der Waals surface area contributed by atoms with Crippen LogP contribution in [0.4, 0.5) is 5.69 Å². The Kier molecular flexibility index (Phi) is 6.28. The van der Waals surface area contributed by atoms with Crippen molar-refractivity contribution in [2.45, 2.75) is 11.7 Å². The quantitative estimate of drug-likeness (QED) is 0.458. The van der Waals surface area contributed by atoms with Gasteiger partial charge in [-0.3, -0.25) is 9.59 Å². The second-order valence-electron chi connectivity index (χ2n) is 6.83. The normalized spacial score (nSPS) is 17.3. The summed E-state index contributed by atoms with van der Waals surface area (Å²) in [7, 11) is 1.60. The molecule has 2 N–H and O–H groups in total. The molecule has 0 saturated carbocycles. The lowest BCUT2D eigenvalue weighted by Crippen LogP contribution is -2.28. The summed E-state index contributed by atoms with van der Waals surface area (Å²) in [6, 6.07) is 21.0. The van der Waals surface area contributed by atoms with E-state index in [-0.39, 0.29) is 18.2 Å². The number of anilines is 1.